The van der Waals surface area contributed by atoms with E-state index in [2.05, 4.69) is 5.32 Å². The van der Waals surface area contributed by atoms with E-state index >= 15 is 0 Å². The predicted molar refractivity (Wildman–Crippen MR) is 70.9 cm³/mol. The van der Waals surface area contributed by atoms with Crippen LogP contribution in [0.2, 0.25) is 0 Å². The molecule has 1 atom stereocenters. The first-order valence-corrected chi connectivity index (χ1v) is 6.37. The molecule has 104 valence electrons. The molecule has 0 unspecified atom stereocenters. The first-order chi connectivity index (χ1) is 9.26. The van der Waals surface area contributed by atoms with Crippen LogP contribution >= 0.6 is 0 Å². The van der Waals surface area contributed by atoms with Crippen LogP contribution in [-0.4, -0.2) is 39.4 Å². The Morgan fingerprint density at radius 1 is 1.37 bits per heavy atom. The summed E-state index contributed by atoms with van der Waals surface area (Å²) in [6.07, 6.45) is 2.16. The third kappa shape index (κ3) is 3.17. The lowest BCUT2D eigenvalue weighted by molar-refractivity contribution is 0.0852. The Morgan fingerprint density at radius 3 is 2.58 bits per heavy atom. The summed E-state index contributed by atoms with van der Waals surface area (Å²) >= 11 is 0. The molecule has 0 bridgehead atoms. The van der Waals surface area contributed by atoms with Crippen LogP contribution in [0.25, 0.3) is 0 Å². The van der Waals surface area contributed by atoms with Gasteiger partial charge in [-0.2, -0.15) is 0 Å². The number of rotatable bonds is 5. The topological polar surface area (TPSA) is 56.8 Å². The summed E-state index contributed by atoms with van der Waals surface area (Å²) in [5.74, 6) is 0.804. The van der Waals surface area contributed by atoms with Gasteiger partial charge in [-0.1, -0.05) is 6.07 Å². The minimum Gasteiger partial charge on any atom is -0.496 e. The molecule has 5 nitrogen and oxygen atoms in total. The molecule has 2 rings (SSSR count). The number of nitrogens with one attached hydrogen (secondary N) is 1. The molecule has 19 heavy (non-hydrogen) atoms. The number of ether oxygens (including phenoxy) is 3. The Labute approximate surface area is 112 Å². The number of hydrogen-bond donors (Lipinski definition) is 1. The minimum atomic E-state index is -0.204. The Bertz CT molecular complexity index is 419. The highest BCUT2D eigenvalue weighted by Gasteiger charge is 2.21. The SMILES string of the molecule is COc1cccc(OC)c1C(=O)NC[C@@H]1CCCO1. The smallest absolute Gasteiger partial charge is 0.258 e. The highest BCUT2D eigenvalue weighted by atomic mass is 16.5. The largest absolute Gasteiger partial charge is 0.496 e. The fraction of sp³-hybridized carbons (Fsp3) is 0.500. The fourth-order valence-electron chi connectivity index (χ4n) is 2.18. The molecule has 1 fully saturated rings. The molecular weight excluding hydrogens is 246 g/mol. The quantitative estimate of drug-likeness (QED) is 0.878. The fourth-order valence-corrected chi connectivity index (χ4v) is 2.18. The Morgan fingerprint density at radius 2 is 2.05 bits per heavy atom. The Hall–Kier alpha value is -1.75. The molecule has 1 heterocycles. The number of benzene rings is 1. The van der Waals surface area contributed by atoms with Crippen molar-refractivity contribution in [3.05, 3.63) is 23.8 Å². The molecule has 0 aromatic heterocycles. The molecule has 0 aliphatic carbocycles. The maximum absolute atomic E-state index is 12.2. The predicted octanol–water partition coefficient (Wildman–Crippen LogP) is 1.61. The number of methoxy groups -OCH3 is 2. The van der Waals surface area contributed by atoms with E-state index in [9.17, 15) is 4.79 Å². The van der Waals surface area contributed by atoms with Crippen molar-refractivity contribution in [1.29, 1.82) is 0 Å². The van der Waals surface area contributed by atoms with Crippen molar-refractivity contribution in [2.45, 2.75) is 18.9 Å². The molecule has 1 N–H and O–H groups in total. The van der Waals surface area contributed by atoms with E-state index in [1.54, 1.807) is 18.2 Å². The monoisotopic (exact) mass is 265 g/mol. The van der Waals surface area contributed by atoms with Crippen LogP contribution in [0.5, 0.6) is 11.5 Å². The van der Waals surface area contributed by atoms with Crippen LogP contribution in [0.4, 0.5) is 0 Å². The zero-order valence-electron chi connectivity index (χ0n) is 11.3. The van der Waals surface area contributed by atoms with Gasteiger partial charge in [0.15, 0.2) is 0 Å². The second kappa shape index (κ2) is 6.43. The summed E-state index contributed by atoms with van der Waals surface area (Å²) in [5, 5.41) is 2.87. The highest BCUT2D eigenvalue weighted by Crippen LogP contribution is 2.28. The van der Waals surface area contributed by atoms with Gasteiger partial charge in [-0.15, -0.1) is 0 Å². The van der Waals surface area contributed by atoms with Crippen molar-refractivity contribution in [3.63, 3.8) is 0 Å². The third-order valence-corrected chi connectivity index (χ3v) is 3.17. The van der Waals surface area contributed by atoms with Crippen LogP contribution in [0.15, 0.2) is 18.2 Å². The van der Waals surface area contributed by atoms with E-state index in [-0.39, 0.29) is 12.0 Å². The Balaban J connectivity index is 2.08. The van der Waals surface area contributed by atoms with Crippen molar-refractivity contribution >= 4 is 5.91 Å². The lowest BCUT2D eigenvalue weighted by Crippen LogP contribution is -2.32. The maximum Gasteiger partial charge on any atom is 0.258 e. The first kappa shape index (κ1) is 13.7. The molecule has 1 aromatic carbocycles. The van der Waals surface area contributed by atoms with E-state index in [1.165, 1.54) is 14.2 Å². The van der Waals surface area contributed by atoms with Crippen LogP contribution < -0.4 is 14.8 Å². The normalized spacial score (nSPS) is 18.1. The van der Waals surface area contributed by atoms with E-state index in [0.29, 0.717) is 23.6 Å². The molecule has 1 aliphatic heterocycles. The van der Waals surface area contributed by atoms with E-state index in [1.807, 2.05) is 0 Å². The summed E-state index contributed by atoms with van der Waals surface area (Å²) in [5.41, 5.74) is 0.422. The maximum atomic E-state index is 12.2. The van der Waals surface area contributed by atoms with Gasteiger partial charge in [-0.3, -0.25) is 4.79 Å². The molecule has 1 aliphatic rings. The van der Waals surface area contributed by atoms with E-state index < -0.39 is 0 Å². The van der Waals surface area contributed by atoms with Crippen LogP contribution in [0.3, 0.4) is 0 Å². The van der Waals surface area contributed by atoms with Gasteiger partial charge in [-0.25, -0.2) is 0 Å². The first-order valence-electron chi connectivity index (χ1n) is 6.37. The summed E-state index contributed by atoms with van der Waals surface area (Å²) in [6.45, 7) is 1.29. The number of hydrogen-bond acceptors (Lipinski definition) is 4. The zero-order chi connectivity index (χ0) is 13.7. The molecule has 1 aromatic rings. The average molecular weight is 265 g/mol. The molecule has 0 radical (unpaired) electrons. The molecule has 5 heteroatoms. The number of carbonyl (C=O) groups excluding carboxylic acids is 1. The molecular formula is C14H19NO4. The van der Waals surface area contributed by atoms with Crippen molar-refractivity contribution in [2.24, 2.45) is 0 Å². The molecule has 0 spiro atoms. The van der Waals surface area contributed by atoms with Crippen LogP contribution in [0.1, 0.15) is 23.2 Å². The van der Waals surface area contributed by atoms with Crippen LogP contribution in [-0.2, 0) is 4.74 Å². The third-order valence-electron chi connectivity index (χ3n) is 3.17. The highest BCUT2D eigenvalue weighted by molar-refractivity contribution is 5.99. The van der Waals surface area contributed by atoms with E-state index in [4.69, 9.17) is 14.2 Å². The zero-order valence-corrected chi connectivity index (χ0v) is 11.3. The van der Waals surface area contributed by atoms with Gasteiger partial charge in [0.25, 0.3) is 5.91 Å². The second-order valence-corrected chi connectivity index (χ2v) is 4.38. The lowest BCUT2D eigenvalue weighted by Gasteiger charge is -2.14. The van der Waals surface area contributed by atoms with Crippen LogP contribution in [0, 0.1) is 0 Å². The van der Waals surface area contributed by atoms with Gasteiger partial charge in [0, 0.05) is 13.2 Å². The van der Waals surface area contributed by atoms with Gasteiger partial charge in [0.1, 0.15) is 17.1 Å². The van der Waals surface area contributed by atoms with Crippen molar-refractivity contribution in [2.75, 3.05) is 27.4 Å². The summed E-state index contributed by atoms with van der Waals surface area (Å²) in [6, 6.07) is 5.27. The van der Waals surface area contributed by atoms with Gasteiger partial charge in [-0.05, 0) is 25.0 Å². The van der Waals surface area contributed by atoms with Gasteiger partial charge in [0.2, 0.25) is 0 Å². The minimum absolute atomic E-state index is 0.115. The van der Waals surface area contributed by atoms with Gasteiger partial charge in [0.05, 0.1) is 20.3 Å². The Kier molecular flexibility index (Phi) is 4.63. The van der Waals surface area contributed by atoms with Crippen molar-refractivity contribution < 1.29 is 19.0 Å². The lowest BCUT2D eigenvalue weighted by atomic mass is 10.1. The molecule has 0 saturated carbocycles. The summed E-state index contributed by atoms with van der Waals surface area (Å²) in [7, 11) is 3.07. The molecule has 1 saturated heterocycles. The molecule has 1 amide bonds. The standard InChI is InChI=1S/C14H19NO4/c1-17-11-6-3-7-12(18-2)13(11)14(16)15-9-10-5-4-8-19-10/h3,6-7,10H,4-5,8-9H2,1-2H3,(H,15,16)/t10-/m0/s1. The number of amides is 1. The second-order valence-electron chi connectivity index (χ2n) is 4.38. The van der Waals surface area contributed by atoms with Crippen molar-refractivity contribution in [3.8, 4) is 11.5 Å². The van der Waals surface area contributed by atoms with Gasteiger partial charge < -0.3 is 19.5 Å². The average Bonchev–Trinajstić information content (AvgIpc) is 2.97. The van der Waals surface area contributed by atoms with E-state index in [0.717, 1.165) is 19.4 Å². The summed E-state index contributed by atoms with van der Waals surface area (Å²) in [4.78, 5) is 12.2. The van der Waals surface area contributed by atoms with Crippen molar-refractivity contribution in [1.82, 2.24) is 5.32 Å². The summed E-state index contributed by atoms with van der Waals surface area (Å²) < 4.78 is 15.9. The number of carbonyl (C=O) groups is 1. The van der Waals surface area contributed by atoms with Gasteiger partial charge >= 0.3 is 0 Å².